The number of benzene rings is 1. The van der Waals surface area contributed by atoms with Crippen LogP contribution in [-0.4, -0.2) is 31.8 Å². The first-order valence-electron chi connectivity index (χ1n) is 13.0. The van der Waals surface area contributed by atoms with Crippen molar-refractivity contribution in [3.05, 3.63) is 42.0 Å². The monoisotopic (exact) mass is 459 g/mol. The topological polar surface area (TPSA) is 56.8 Å². The van der Waals surface area contributed by atoms with E-state index in [0.717, 1.165) is 17.7 Å². The Morgan fingerprint density at radius 3 is 2.18 bits per heavy atom. The highest BCUT2D eigenvalue weighted by atomic mass is 16.7. The van der Waals surface area contributed by atoms with Crippen LogP contribution in [0.2, 0.25) is 0 Å². The van der Waals surface area contributed by atoms with Crippen LogP contribution in [0.25, 0.3) is 0 Å². The molecule has 1 fully saturated rings. The third-order valence-electron chi connectivity index (χ3n) is 6.18. The molecule has 0 saturated carbocycles. The molecule has 5 heteroatoms. The minimum atomic E-state index is -0.447. The van der Waals surface area contributed by atoms with Gasteiger partial charge in [0.2, 0.25) is 5.91 Å². The average Bonchev–Trinajstić information content (AvgIpc) is 2.82. The van der Waals surface area contributed by atoms with E-state index >= 15 is 0 Å². The maximum Gasteiger partial charge on any atom is 0.217 e. The molecule has 0 radical (unpaired) electrons. The van der Waals surface area contributed by atoms with E-state index in [0.29, 0.717) is 6.61 Å². The number of rotatable bonds is 16. The summed E-state index contributed by atoms with van der Waals surface area (Å²) in [6, 6.07) is 7.53. The van der Waals surface area contributed by atoms with Crippen LogP contribution in [0, 0.1) is 0 Å². The van der Waals surface area contributed by atoms with E-state index in [2.05, 4.69) is 24.4 Å². The van der Waals surface area contributed by atoms with Crippen LogP contribution in [0.3, 0.4) is 0 Å². The summed E-state index contributed by atoms with van der Waals surface area (Å²) >= 11 is 0. The van der Waals surface area contributed by atoms with Crippen LogP contribution in [-0.2, 0) is 14.3 Å². The van der Waals surface area contributed by atoms with Gasteiger partial charge in [-0.05, 0) is 25.0 Å². The maximum absolute atomic E-state index is 11.6. The largest absolute Gasteiger partial charge is 0.497 e. The Morgan fingerprint density at radius 1 is 1.00 bits per heavy atom. The molecule has 0 aliphatic carbocycles. The lowest BCUT2D eigenvalue weighted by Crippen LogP contribution is -2.50. The molecule has 3 atom stereocenters. The first-order chi connectivity index (χ1) is 16.1. The molecule has 1 aliphatic rings. The van der Waals surface area contributed by atoms with E-state index in [1.807, 2.05) is 24.3 Å². The molecule has 1 aromatic carbocycles. The third-order valence-corrected chi connectivity index (χ3v) is 6.18. The zero-order valence-electron chi connectivity index (χ0n) is 21.0. The van der Waals surface area contributed by atoms with Gasteiger partial charge in [-0.1, -0.05) is 95.4 Å². The van der Waals surface area contributed by atoms with Crippen molar-refractivity contribution in [2.75, 3.05) is 13.7 Å². The predicted octanol–water partition coefficient (Wildman–Crippen LogP) is 6.87. The summed E-state index contributed by atoms with van der Waals surface area (Å²) < 4.78 is 17.3. The van der Waals surface area contributed by atoms with E-state index in [-0.39, 0.29) is 18.1 Å². The lowest BCUT2D eigenvalue weighted by molar-refractivity contribution is -0.216. The SMILES string of the molecule is CCCCCCCCCCCCC/C=C/[C@H]1O[C@@H](c2ccc(OC)cc2)OC[C@@H]1NC(C)=O. The normalized spacial score (nSPS) is 20.8. The fraction of sp³-hybridized carbons (Fsp3) is 0.679. The van der Waals surface area contributed by atoms with E-state index in [4.69, 9.17) is 14.2 Å². The fourth-order valence-electron chi connectivity index (χ4n) is 4.22. The summed E-state index contributed by atoms with van der Waals surface area (Å²) in [5.41, 5.74) is 0.945. The molecule has 186 valence electrons. The summed E-state index contributed by atoms with van der Waals surface area (Å²) in [5, 5.41) is 2.96. The quantitative estimate of drug-likeness (QED) is 0.216. The number of allylic oxidation sites excluding steroid dienone is 1. The molecule has 1 N–H and O–H groups in total. The number of ether oxygens (including phenoxy) is 3. The van der Waals surface area contributed by atoms with Crippen molar-refractivity contribution in [3.63, 3.8) is 0 Å². The van der Waals surface area contributed by atoms with Gasteiger partial charge in [0, 0.05) is 12.5 Å². The predicted molar refractivity (Wildman–Crippen MR) is 134 cm³/mol. The molecule has 0 aromatic heterocycles. The van der Waals surface area contributed by atoms with Crippen molar-refractivity contribution in [2.24, 2.45) is 0 Å². The number of methoxy groups -OCH3 is 1. The Kier molecular flexibility index (Phi) is 13.9. The minimum Gasteiger partial charge on any atom is -0.497 e. The van der Waals surface area contributed by atoms with E-state index in [9.17, 15) is 4.79 Å². The molecule has 1 heterocycles. The maximum atomic E-state index is 11.6. The van der Waals surface area contributed by atoms with Gasteiger partial charge in [-0.15, -0.1) is 0 Å². The van der Waals surface area contributed by atoms with Gasteiger partial charge in [-0.25, -0.2) is 0 Å². The number of nitrogens with one attached hydrogen (secondary N) is 1. The van der Waals surface area contributed by atoms with Gasteiger partial charge in [-0.2, -0.15) is 0 Å². The van der Waals surface area contributed by atoms with Crippen LogP contribution in [0.4, 0.5) is 0 Å². The molecule has 5 nitrogen and oxygen atoms in total. The summed E-state index contributed by atoms with van der Waals surface area (Å²) in [4.78, 5) is 11.6. The molecule has 0 spiro atoms. The lowest BCUT2D eigenvalue weighted by atomic mass is 10.0. The number of hydrogen-bond acceptors (Lipinski definition) is 4. The molecule has 1 aliphatic heterocycles. The molecular formula is C28H45NO4. The molecule has 0 bridgehead atoms. The summed E-state index contributed by atoms with van der Waals surface area (Å²) in [6.07, 6.45) is 19.5. The van der Waals surface area contributed by atoms with Gasteiger partial charge in [-0.3, -0.25) is 4.79 Å². The van der Waals surface area contributed by atoms with Crippen LogP contribution in [0.1, 0.15) is 103 Å². The van der Waals surface area contributed by atoms with Crippen molar-refractivity contribution in [1.29, 1.82) is 0 Å². The fourth-order valence-corrected chi connectivity index (χ4v) is 4.22. The third kappa shape index (κ3) is 11.2. The standard InChI is InChI=1S/C28H45NO4/c1-4-5-6-7-8-9-10-11-12-13-14-15-16-17-27-26(29-23(2)30)22-32-28(33-27)24-18-20-25(31-3)21-19-24/h16-21,26-28H,4-15,22H2,1-3H3,(H,29,30)/b17-16+/t26-,27+,28-/m0/s1. The van der Waals surface area contributed by atoms with Crippen LogP contribution >= 0.6 is 0 Å². The van der Waals surface area contributed by atoms with Gasteiger partial charge in [0.25, 0.3) is 0 Å². The van der Waals surface area contributed by atoms with Gasteiger partial charge in [0.1, 0.15) is 11.9 Å². The van der Waals surface area contributed by atoms with E-state index in [1.54, 1.807) is 7.11 Å². The van der Waals surface area contributed by atoms with Crippen molar-refractivity contribution in [2.45, 2.75) is 109 Å². The number of unbranched alkanes of at least 4 members (excludes halogenated alkanes) is 11. The summed E-state index contributed by atoms with van der Waals surface area (Å²) in [6.45, 7) is 4.22. The average molecular weight is 460 g/mol. The Balaban J connectivity index is 1.69. The highest BCUT2D eigenvalue weighted by Gasteiger charge is 2.31. The van der Waals surface area contributed by atoms with Crippen LogP contribution < -0.4 is 10.1 Å². The van der Waals surface area contributed by atoms with Crippen molar-refractivity contribution in [3.8, 4) is 5.75 Å². The second kappa shape index (κ2) is 16.7. The number of carbonyl (C=O) groups is 1. The molecule has 1 amide bonds. The van der Waals surface area contributed by atoms with E-state index in [1.165, 1.54) is 77.6 Å². The zero-order valence-corrected chi connectivity index (χ0v) is 21.0. The van der Waals surface area contributed by atoms with Crippen LogP contribution in [0.15, 0.2) is 36.4 Å². The lowest BCUT2D eigenvalue weighted by Gasteiger charge is -2.35. The first kappa shape index (κ1) is 27.4. The Morgan fingerprint density at radius 2 is 1.61 bits per heavy atom. The molecule has 0 unspecified atom stereocenters. The molecule has 1 aromatic rings. The zero-order chi connectivity index (χ0) is 23.7. The number of hydrogen-bond donors (Lipinski definition) is 1. The second-order valence-electron chi connectivity index (χ2n) is 9.10. The number of amides is 1. The first-order valence-corrected chi connectivity index (χ1v) is 13.0. The Bertz CT molecular complexity index is 673. The second-order valence-corrected chi connectivity index (χ2v) is 9.10. The highest BCUT2D eigenvalue weighted by molar-refractivity contribution is 5.73. The highest BCUT2D eigenvalue weighted by Crippen LogP contribution is 2.28. The molecule has 33 heavy (non-hydrogen) atoms. The van der Waals surface area contributed by atoms with Gasteiger partial charge >= 0.3 is 0 Å². The molecule has 1 saturated heterocycles. The van der Waals surface area contributed by atoms with E-state index < -0.39 is 6.29 Å². The van der Waals surface area contributed by atoms with Gasteiger partial charge < -0.3 is 19.5 Å². The Hall–Kier alpha value is -1.85. The van der Waals surface area contributed by atoms with Crippen molar-refractivity contribution in [1.82, 2.24) is 5.32 Å². The number of carbonyl (C=O) groups excluding carboxylic acids is 1. The van der Waals surface area contributed by atoms with Gasteiger partial charge in [0.05, 0.1) is 19.8 Å². The van der Waals surface area contributed by atoms with Gasteiger partial charge in [0.15, 0.2) is 6.29 Å². The summed E-state index contributed by atoms with van der Waals surface area (Å²) in [7, 11) is 1.65. The molecular weight excluding hydrogens is 414 g/mol. The summed E-state index contributed by atoms with van der Waals surface area (Å²) in [5.74, 6) is 0.730. The molecule has 2 rings (SSSR count). The minimum absolute atomic E-state index is 0.0705. The van der Waals surface area contributed by atoms with Crippen molar-refractivity contribution < 1.29 is 19.0 Å². The van der Waals surface area contributed by atoms with Crippen molar-refractivity contribution >= 4 is 5.91 Å². The van der Waals surface area contributed by atoms with Crippen LogP contribution in [0.5, 0.6) is 5.75 Å². The Labute approximate surface area is 201 Å². The smallest absolute Gasteiger partial charge is 0.217 e.